The zero-order valence-corrected chi connectivity index (χ0v) is 17.4. The lowest BCUT2D eigenvalue weighted by Crippen LogP contribution is -2.64. The summed E-state index contributed by atoms with van der Waals surface area (Å²) < 4.78 is 123. The summed E-state index contributed by atoms with van der Waals surface area (Å²) in [5.41, 5.74) is 0.568. The van der Waals surface area contributed by atoms with Gasteiger partial charge in [-0.15, -0.1) is 11.3 Å². The molecule has 0 bridgehead atoms. The molecule has 33 heavy (non-hydrogen) atoms. The third-order valence-electron chi connectivity index (χ3n) is 4.29. The monoisotopic (exact) mass is 507 g/mol. The molecule has 0 aliphatic carbocycles. The van der Waals surface area contributed by atoms with Gasteiger partial charge in [0.15, 0.2) is 0 Å². The number of rotatable bonds is 7. The highest BCUT2D eigenvalue weighted by Gasteiger charge is 2.83. The number of amides is 1. The smallest absolute Gasteiger partial charge is 0.460 e. The van der Waals surface area contributed by atoms with Gasteiger partial charge in [0.25, 0.3) is 0 Å². The fourth-order valence-corrected chi connectivity index (χ4v) is 3.45. The van der Waals surface area contributed by atoms with E-state index in [9.17, 15) is 49.1 Å². The molecule has 0 atom stereocenters. The number of nitrogens with one attached hydrogen (secondary N) is 1. The zero-order chi connectivity index (χ0) is 25.4. The van der Waals surface area contributed by atoms with Crippen LogP contribution in [0.5, 0.6) is 0 Å². The minimum atomic E-state index is -7.23. The van der Waals surface area contributed by atoms with Crippen LogP contribution >= 0.6 is 11.3 Å². The Morgan fingerprint density at radius 3 is 1.97 bits per heavy atom. The normalized spacial score (nSPS) is 13.1. The van der Waals surface area contributed by atoms with Gasteiger partial charge in [-0.25, -0.2) is 4.79 Å². The minimum absolute atomic E-state index is 0.0180. The molecule has 0 fully saturated rings. The summed E-state index contributed by atoms with van der Waals surface area (Å²) in [7, 11) is 0. The lowest BCUT2D eigenvalue weighted by atomic mass is 10.0. The van der Waals surface area contributed by atoms with Crippen LogP contribution in [0.25, 0.3) is 11.1 Å². The molecule has 0 radical (unpaired) electrons. The van der Waals surface area contributed by atoms with Crippen LogP contribution in [0.4, 0.5) is 44.5 Å². The van der Waals surface area contributed by atoms with Gasteiger partial charge in [0, 0.05) is 10.9 Å². The highest BCUT2D eigenvalue weighted by Crippen LogP contribution is 2.53. The number of hydrogen-bond acceptors (Lipinski definition) is 4. The molecule has 1 aromatic carbocycles. The van der Waals surface area contributed by atoms with Crippen LogP contribution in [0.2, 0.25) is 0 Å². The standard InChI is InChI=1S/C19H14F9NO3S/c1-3-32-14(30)12-11(10-6-4-9(2)5-7-10)8-33-13(12)29-15(31)16(20,21)17(22,23)18(24,25)19(26,27)28/h4-8H,3H2,1-2H3,(H,29,31). The number of anilines is 1. The average Bonchev–Trinajstić information content (AvgIpc) is 3.11. The van der Waals surface area contributed by atoms with Crippen molar-refractivity contribution in [3.63, 3.8) is 0 Å². The SMILES string of the molecule is CCOC(=O)c1c(-c2ccc(C)cc2)csc1NC(=O)C(F)(F)C(F)(F)C(F)(F)C(F)(F)F. The number of ether oxygens (including phenoxy) is 1. The molecular weight excluding hydrogens is 493 g/mol. The summed E-state index contributed by atoms with van der Waals surface area (Å²) in [5, 5.41) is 1.52. The van der Waals surface area contributed by atoms with Gasteiger partial charge in [-0.1, -0.05) is 29.8 Å². The van der Waals surface area contributed by atoms with Crippen LogP contribution < -0.4 is 5.32 Å². The van der Waals surface area contributed by atoms with E-state index in [0.717, 1.165) is 10.9 Å². The van der Waals surface area contributed by atoms with Crippen molar-refractivity contribution in [2.24, 2.45) is 0 Å². The van der Waals surface area contributed by atoms with Gasteiger partial charge >= 0.3 is 35.8 Å². The van der Waals surface area contributed by atoms with Crippen LogP contribution in [0.15, 0.2) is 29.6 Å². The van der Waals surface area contributed by atoms with Gasteiger partial charge in [0.1, 0.15) is 10.6 Å². The number of esters is 1. The summed E-state index contributed by atoms with van der Waals surface area (Å²) in [5.74, 6) is -25.2. The quantitative estimate of drug-likeness (QED) is 0.353. The van der Waals surface area contributed by atoms with Gasteiger partial charge in [-0.2, -0.15) is 39.5 Å². The summed E-state index contributed by atoms with van der Waals surface area (Å²) >= 11 is 0.377. The van der Waals surface area contributed by atoms with Crippen molar-refractivity contribution >= 4 is 28.2 Å². The Bertz CT molecular complexity index is 1030. The van der Waals surface area contributed by atoms with Crippen molar-refractivity contribution in [3.8, 4) is 11.1 Å². The van der Waals surface area contributed by atoms with Crippen molar-refractivity contribution < 1.29 is 53.8 Å². The third kappa shape index (κ3) is 4.66. The minimum Gasteiger partial charge on any atom is -0.462 e. The average molecular weight is 507 g/mol. The van der Waals surface area contributed by atoms with E-state index in [-0.39, 0.29) is 12.2 Å². The zero-order valence-electron chi connectivity index (χ0n) is 16.6. The molecule has 1 amide bonds. The van der Waals surface area contributed by atoms with Gasteiger partial charge < -0.3 is 10.1 Å². The Kier molecular flexibility index (Phi) is 7.12. The first-order valence-corrected chi connectivity index (χ1v) is 9.74. The Morgan fingerprint density at radius 2 is 1.48 bits per heavy atom. The molecule has 14 heteroatoms. The molecule has 2 rings (SSSR count). The second-order valence-electron chi connectivity index (χ2n) is 6.62. The Morgan fingerprint density at radius 1 is 0.939 bits per heavy atom. The largest absolute Gasteiger partial charge is 0.462 e. The molecule has 1 N–H and O–H groups in total. The molecule has 0 saturated heterocycles. The highest BCUT2D eigenvalue weighted by molar-refractivity contribution is 7.15. The molecule has 2 aromatic rings. The van der Waals surface area contributed by atoms with Crippen molar-refractivity contribution in [3.05, 3.63) is 40.8 Å². The van der Waals surface area contributed by atoms with Gasteiger partial charge in [0.2, 0.25) is 0 Å². The first-order valence-electron chi connectivity index (χ1n) is 8.86. The van der Waals surface area contributed by atoms with E-state index in [1.807, 2.05) is 0 Å². The van der Waals surface area contributed by atoms with E-state index in [2.05, 4.69) is 0 Å². The second kappa shape index (κ2) is 8.88. The van der Waals surface area contributed by atoms with Crippen molar-refractivity contribution in [1.29, 1.82) is 0 Å². The van der Waals surface area contributed by atoms with E-state index < -0.39 is 46.4 Å². The Hall–Kier alpha value is -2.77. The third-order valence-corrected chi connectivity index (χ3v) is 5.19. The van der Waals surface area contributed by atoms with Gasteiger partial charge in [-0.05, 0) is 19.4 Å². The Balaban J connectivity index is 2.50. The molecule has 4 nitrogen and oxygen atoms in total. The first kappa shape index (κ1) is 26.5. The highest BCUT2D eigenvalue weighted by atomic mass is 32.1. The van der Waals surface area contributed by atoms with Crippen LogP contribution in [0.3, 0.4) is 0 Å². The number of thiophene rings is 1. The molecule has 1 heterocycles. The van der Waals surface area contributed by atoms with Crippen molar-refractivity contribution in [2.45, 2.75) is 37.8 Å². The number of alkyl halides is 9. The first-order chi connectivity index (χ1) is 15.0. The molecule has 1 aromatic heterocycles. The topological polar surface area (TPSA) is 55.4 Å². The number of aryl methyl sites for hydroxylation is 1. The number of halogens is 9. The number of hydrogen-bond donors (Lipinski definition) is 1. The van der Waals surface area contributed by atoms with Crippen LogP contribution in [-0.2, 0) is 9.53 Å². The van der Waals surface area contributed by atoms with E-state index in [0.29, 0.717) is 16.9 Å². The molecule has 0 unspecified atom stereocenters. The summed E-state index contributed by atoms with van der Waals surface area (Å²) in [6.45, 7) is 2.89. The predicted octanol–water partition coefficient (Wildman–Crippen LogP) is 6.31. The molecule has 182 valence electrons. The maximum Gasteiger partial charge on any atom is 0.460 e. The van der Waals surface area contributed by atoms with Crippen LogP contribution in [0.1, 0.15) is 22.8 Å². The fraction of sp³-hybridized carbons (Fsp3) is 0.368. The molecule has 0 saturated carbocycles. The van der Waals surface area contributed by atoms with Crippen molar-refractivity contribution in [2.75, 3.05) is 11.9 Å². The van der Waals surface area contributed by atoms with Crippen molar-refractivity contribution in [1.82, 2.24) is 0 Å². The maximum absolute atomic E-state index is 13.9. The summed E-state index contributed by atoms with van der Waals surface area (Å²) in [6.07, 6.45) is -7.07. The molecular formula is C19H14F9NO3S. The molecule has 0 spiro atoms. The maximum atomic E-state index is 13.9. The van der Waals surface area contributed by atoms with Gasteiger partial charge in [0.05, 0.1) is 6.61 Å². The lowest BCUT2D eigenvalue weighted by Gasteiger charge is -2.32. The Labute approximate surface area is 184 Å². The number of carbonyl (C=O) groups is 2. The van der Waals surface area contributed by atoms with E-state index >= 15 is 0 Å². The number of carbonyl (C=O) groups excluding carboxylic acids is 2. The second-order valence-corrected chi connectivity index (χ2v) is 7.49. The van der Waals surface area contributed by atoms with Gasteiger partial charge in [-0.3, -0.25) is 4.79 Å². The number of benzene rings is 1. The van der Waals surface area contributed by atoms with E-state index in [4.69, 9.17) is 4.74 Å². The predicted molar refractivity (Wildman–Crippen MR) is 100.0 cm³/mol. The fourth-order valence-electron chi connectivity index (χ4n) is 2.50. The van der Waals surface area contributed by atoms with Crippen LogP contribution in [0, 0.1) is 6.92 Å². The van der Waals surface area contributed by atoms with E-state index in [1.54, 1.807) is 19.1 Å². The molecule has 0 aliphatic rings. The summed E-state index contributed by atoms with van der Waals surface area (Å²) in [6, 6.07) is 6.21. The van der Waals surface area contributed by atoms with E-state index in [1.165, 1.54) is 24.4 Å². The van der Waals surface area contributed by atoms with Crippen LogP contribution in [-0.4, -0.2) is 42.4 Å². The lowest BCUT2D eigenvalue weighted by molar-refractivity contribution is -0.388. The molecule has 0 aliphatic heterocycles. The summed E-state index contributed by atoms with van der Waals surface area (Å²) in [4.78, 5) is 24.1.